The van der Waals surface area contributed by atoms with Gasteiger partial charge in [0.05, 0.1) is 17.9 Å². The van der Waals surface area contributed by atoms with E-state index in [1.165, 1.54) is 4.68 Å². The number of Topliss-reactive ketones (excluding diaryl/α,β-unsaturated/α-hetero) is 1. The molecule has 0 aliphatic rings. The third-order valence-corrected chi connectivity index (χ3v) is 5.83. The second kappa shape index (κ2) is 10.4. The fourth-order valence-electron chi connectivity index (χ4n) is 4.16. The summed E-state index contributed by atoms with van der Waals surface area (Å²) in [5.74, 6) is -0.468. The van der Waals surface area contributed by atoms with Crippen LogP contribution in [0.5, 0.6) is 0 Å². The van der Waals surface area contributed by atoms with Crippen molar-refractivity contribution in [3.05, 3.63) is 112 Å². The molecule has 6 heteroatoms. The smallest absolute Gasteiger partial charge is 0.282 e. The maximum atomic E-state index is 13.7. The number of benzene rings is 3. The molecule has 0 saturated carbocycles. The maximum Gasteiger partial charge on any atom is 0.282 e. The number of hydrogen-bond acceptors (Lipinski definition) is 3. The number of aryl methyl sites for hydroxylation is 1. The third-order valence-electron chi connectivity index (χ3n) is 5.83. The Balaban J connectivity index is 1.77. The molecule has 0 unspecified atom stereocenters. The summed E-state index contributed by atoms with van der Waals surface area (Å²) >= 11 is 0. The lowest BCUT2D eigenvalue weighted by molar-refractivity contribution is 0.0690. The molecule has 3 aromatic carbocycles. The van der Waals surface area contributed by atoms with Gasteiger partial charge in [0.25, 0.3) is 11.5 Å². The van der Waals surface area contributed by atoms with Crippen molar-refractivity contribution in [3.8, 4) is 16.9 Å². The molecule has 6 nitrogen and oxygen atoms in total. The number of carbonyl (C=O) groups excluding carboxylic acids is 2. The Morgan fingerprint density at radius 2 is 1.49 bits per heavy atom. The molecule has 1 amide bonds. The van der Waals surface area contributed by atoms with Crippen LogP contribution in [0.15, 0.2) is 89.7 Å². The highest BCUT2D eigenvalue weighted by Gasteiger charge is 2.27. The molecule has 0 spiro atoms. The van der Waals surface area contributed by atoms with Crippen molar-refractivity contribution in [3.63, 3.8) is 0 Å². The molecular weight excluding hydrogens is 438 g/mol. The van der Waals surface area contributed by atoms with E-state index in [2.05, 4.69) is 5.10 Å². The summed E-state index contributed by atoms with van der Waals surface area (Å²) in [5, 5.41) is 3.13. The molecular formula is C29H29N3O3. The van der Waals surface area contributed by atoms with Crippen LogP contribution in [0.3, 0.4) is 0 Å². The normalized spacial score (nSPS) is 11.0. The molecule has 0 aliphatic heterocycles. The number of nitrogens with zero attached hydrogens (tertiary/aromatic N) is 2. The van der Waals surface area contributed by atoms with Crippen molar-refractivity contribution < 1.29 is 9.59 Å². The number of aromatic amines is 1. The zero-order valence-corrected chi connectivity index (χ0v) is 20.2. The quantitative estimate of drug-likeness (QED) is 0.366. The average molecular weight is 468 g/mol. The van der Waals surface area contributed by atoms with Crippen molar-refractivity contribution in [1.29, 1.82) is 0 Å². The van der Waals surface area contributed by atoms with Crippen molar-refractivity contribution in [2.45, 2.75) is 20.8 Å². The van der Waals surface area contributed by atoms with Crippen LogP contribution in [0.2, 0.25) is 0 Å². The maximum absolute atomic E-state index is 13.7. The summed E-state index contributed by atoms with van der Waals surface area (Å²) < 4.78 is 1.38. The van der Waals surface area contributed by atoms with E-state index in [-0.39, 0.29) is 23.9 Å². The highest BCUT2D eigenvalue weighted by atomic mass is 16.2. The van der Waals surface area contributed by atoms with Gasteiger partial charge in [-0.25, -0.2) is 4.68 Å². The number of hydrogen-bond donors (Lipinski definition) is 1. The van der Waals surface area contributed by atoms with E-state index >= 15 is 0 Å². The molecule has 0 fully saturated rings. The van der Waals surface area contributed by atoms with Crippen molar-refractivity contribution in [2.75, 3.05) is 13.1 Å². The molecule has 1 N–H and O–H groups in total. The van der Waals surface area contributed by atoms with Gasteiger partial charge < -0.3 is 4.90 Å². The first-order valence-corrected chi connectivity index (χ1v) is 11.7. The van der Waals surface area contributed by atoms with E-state index in [1.807, 2.05) is 87.5 Å². The third kappa shape index (κ3) is 5.17. The Bertz CT molecular complexity index is 1390. The lowest BCUT2D eigenvalue weighted by Crippen LogP contribution is -2.39. The predicted octanol–water partition coefficient (Wildman–Crippen LogP) is 5.12. The largest absolute Gasteiger partial charge is 0.331 e. The van der Waals surface area contributed by atoms with Crippen LogP contribution in [-0.4, -0.2) is 39.5 Å². The molecule has 0 radical (unpaired) electrons. The first kappa shape index (κ1) is 24.0. The minimum Gasteiger partial charge on any atom is -0.331 e. The Kier molecular flexibility index (Phi) is 7.11. The summed E-state index contributed by atoms with van der Waals surface area (Å²) in [5.41, 5.74) is 2.81. The van der Waals surface area contributed by atoms with Gasteiger partial charge in [-0.2, -0.15) is 0 Å². The summed E-state index contributed by atoms with van der Waals surface area (Å²) in [6.07, 6.45) is 0. The van der Waals surface area contributed by atoms with Crippen LogP contribution < -0.4 is 5.56 Å². The molecule has 0 atom stereocenters. The first-order chi connectivity index (χ1) is 16.9. The lowest BCUT2D eigenvalue weighted by Gasteiger charge is -2.24. The van der Waals surface area contributed by atoms with E-state index < -0.39 is 11.3 Å². The summed E-state index contributed by atoms with van der Waals surface area (Å²) in [6, 6.07) is 25.7. The molecule has 0 saturated heterocycles. The van der Waals surface area contributed by atoms with Gasteiger partial charge >= 0.3 is 0 Å². The number of aromatic nitrogens is 2. The van der Waals surface area contributed by atoms with E-state index in [0.29, 0.717) is 23.5 Å². The first-order valence-electron chi connectivity index (χ1n) is 11.7. The molecule has 4 aromatic rings. The zero-order chi connectivity index (χ0) is 24.9. The number of H-pyrrole nitrogens is 1. The van der Waals surface area contributed by atoms with Crippen molar-refractivity contribution >= 4 is 11.7 Å². The number of amides is 1. The molecule has 1 aromatic heterocycles. The van der Waals surface area contributed by atoms with Gasteiger partial charge in [-0.05, 0) is 36.6 Å². The number of ketones is 1. The SMILES string of the molecule is Cc1ccccc1C(=O)N(CC(=O)c1c(-c2ccccc2)[nH]n(-c2ccccc2)c1=O)CC(C)C. The summed E-state index contributed by atoms with van der Waals surface area (Å²) in [6.45, 7) is 6.08. The minimum absolute atomic E-state index is 0.0476. The monoisotopic (exact) mass is 467 g/mol. The second-order valence-corrected chi connectivity index (χ2v) is 9.02. The van der Waals surface area contributed by atoms with E-state index in [4.69, 9.17) is 0 Å². The number of rotatable bonds is 8. The Morgan fingerprint density at radius 1 is 0.886 bits per heavy atom. The Hall–Kier alpha value is -4.19. The van der Waals surface area contributed by atoms with Gasteiger partial charge in [0.2, 0.25) is 0 Å². The Morgan fingerprint density at radius 3 is 2.11 bits per heavy atom. The minimum atomic E-state index is -0.437. The molecule has 4 rings (SSSR count). The molecule has 0 aliphatic carbocycles. The van der Waals surface area contributed by atoms with Crippen LogP contribution >= 0.6 is 0 Å². The van der Waals surface area contributed by atoms with Gasteiger partial charge in [-0.3, -0.25) is 19.5 Å². The van der Waals surface area contributed by atoms with E-state index in [0.717, 1.165) is 11.1 Å². The van der Waals surface area contributed by atoms with E-state index in [9.17, 15) is 14.4 Å². The van der Waals surface area contributed by atoms with Gasteiger partial charge in [-0.15, -0.1) is 0 Å². The van der Waals surface area contributed by atoms with Crippen molar-refractivity contribution in [2.24, 2.45) is 5.92 Å². The topological polar surface area (TPSA) is 75.2 Å². The lowest BCUT2D eigenvalue weighted by atomic mass is 10.0. The second-order valence-electron chi connectivity index (χ2n) is 9.02. The Labute approximate surface area is 204 Å². The summed E-state index contributed by atoms with van der Waals surface area (Å²) in [7, 11) is 0. The van der Waals surface area contributed by atoms with Crippen LogP contribution in [0.25, 0.3) is 16.9 Å². The number of para-hydroxylation sites is 1. The predicted molar refractivity (Wildman–Crippen MR) is 138 cm³/mol. The van der Waals surface area contributed by atoms with Gasteiger partial charge in [-0.1, -0.05) is 80.6 Å². The zero-order valence-electron chi connectivity index (χ0n) is 20.2. The van der Waals surface area contributed by atoms with Gasteiger partial charge in [0, 0.05) is 17.7 Å². The summed E-state index contributed by atoms with van der Waals surface area (Å²) in [4.78, 5) is 42.2. The fourth-order valence-corrected chi connectivity index (χ4v) is 4.16. The van der Waals surface area contributed by atoms with E-state index in [1.54, 1.807) is 23.1 Å². The van der Waals surface area contributed by atoms with Crippen LogP contribution in [0.1, 0.15) is 40.1 Å². The van der Waals surface area contributed by atoms with Crippen LogP contribution in [0.4, 0.5) is 0 Å². The highest BCUT2D eigenvalue weighted by Crippen LogP contribution is 2.22. The van der Waals surface area contributed by atoms with Crippen LogP contribution in [-0.2, 0) is 0 Å². The molecule has 35 heavy (non-hydrogen) atoms. The molecule has 178 valence electrons. The van der Waals surface area contributed by atoms with Gasteiger partial charge in [0.15, 0.2) is 5.78 Å². The molecule has 1 heterocycles. The fraction of sp³-hybridized carbons (Fsp3) is 0.207. The molecule has 0 bridgehead atoms. The highest BCUT2D eigenvalue weighted by molar-refractivity contribution is 6.05. The standard InChI is InChI=1S/C29H29N3O3/c1-20(2)18-31(28(34)24-17-11-10-12-21(24)3)19-25(33)26-27(22-13-6-4-7-14-22)30-32(29(26)35)23-15-8-5-9-16-23/h4-17,20,30H,18-19H2,1-3H3. The average Bonchev–Trinajstić information content (AvgIpc) is 3.21. The number of nitrogens with one attached hydrogen (secondary N) is 1. The van der Waals surface area contributed by atoms with Crippen LogP contribution in [0, 0.1) is 12.8 Å². The number of carbonyl (C=O) groups is 2. The van der Waals surface area contributed by atoms with Crippen molar-refractivity contribution in [1.82, 2.24) is 14.7 Å². The van der Waals surface area contributed by atoms with Gasteiger partial charge in [0.1, 0.15) is 5.56 Å².